The molecule has 2 rings (SSSR count). The Morgan fingerprint density at radius 1 is 1.15 bits per heavy atom. The minimum atomic E-state index is -1.18. The van der Waals surface area contributed by atoms with Gasteiger partial charge in [-0.2, -0.15) is 0 Å². The van der Waals surface area contributed by atoms with Crippen molar-refractivity contribution in [2.75, 3.05) is 5.32 Å². The number of aromatic hydroxyl groups is 1. The minimum absolute atomic E-state index is 0.109. The number of carbonyl (C=O) groups is 1. The van der Waals surface area contributed by atoms with Crippen LogP contribution in [0.5, 0.6) is 5.75 Å². The highest BCUT2D eigenvalue weighted by Crippen LogP contribution is 2.25. The Kier molecular flexibility index (Phi) is 3.70. The van der Waals surface area contributed by atoms with E-state index in [2.05, 4.69) is 5.32 Å². The molecule has 20 heavy (non-hydrogen) atoms. The Morgan fingerprint density at radius 3 is 2.55 bits per heavy atom. The van der Waals surface area contributed by atoms with Crippen LogP contribution in [0, 0.1) is 25.5 Å². The van der Waals surface area contributed by atoms with E-state index in [4.69, 9.17) is 0 Å². The van der Waals surface area contributed by atoms with Crippen molar-refractivity contribution in [1.29, 1.82) is 0 Å². The first-order chi connectivity index (χ1) is 9.40. The van der Waals surface area contributed by atoms with Gasteiger partial charge in [0, 0.05) is 5.69 Å². The van der Waals surface area contributed by atoms with E-state index in [1.165, 1.54) is 18.2 Å². The smallest absolute Gasteiger partial charge is 0.258 e. The maximum Gasteiger partial charge on any atom is 0.258 e. The average molecular weight is 277 g/mol. The van der Waals surface area contributed by atoms with E-state index in [1.807, 2.05) is 0 Å². The average Bonchev–Trinajstić information content (AvgIpc) is 2.39. The Labute approximate surface area is 114 Å². The van der Waals surface area contributed by atoms with E-state index in [0.29, 0.717) is 16.8 Å². The third-order valence-electron chi connectivity index (χ3n) is 2.99. The van der Waals surface area contributed by atoms with Crippen molar-refractivity contribution < 1.29 is 18.7 Å². The van der Waals surface area contributed by atoms with Crippen LogP contribution in [0.4, 0.5) is 14.5 Å². The van der Waals surface area contributed by atoms with Crippen LogP contribution in [0.25, 0.3) is 0 Å². The van der Waals surface area contributed by atoms with E-state index < -0.39 is 17.5 Å². The molecule has 0 fully saturated rings. The summed E-state index contributed by atoms with van der Waals surface area (Å²) in [6.07, 6.45) is 0. The Bertz CT molecular complexity index is 684. The van der Waals surface area contributed by atoms with Gasteiger partial charge in [0.15, 0.2) is 11.6 Å². The topological polar surface area (TPSA) is 49.3 Å². The maximum absolute atomic E-state index is 13.5. The summed E-state index contributed by atoms with van der Waals surface area (Å²) >= 11 is 0. The molecule has 0 bridgehead atoms. The third kappa shape index (κ3) is 2.61. The highest BCUT2D eigenvalue weighted by Gasteiger charge is 2.16. The van der Waals surface area contributed by atoms with Gasteiger partial charge in [0.2, 0.25) is 0 Å². The van der Waals surface area contributed by atoms with E-state index in [1.54, 1.807) is 19.9 Å². The molecule has 0 saturated carbocycles. The van der Waals surface area contributed by atoms with Crippen molar-refractivity contribution >= 4 is 11.6 Å². The summed E-state index contributed by atoms with van der Waals surface area (Å²) in [6, 6.07) is 6.48. The molecule has 3 nitrogen and oxygen atoms in total. The zero-order valence-electron chi connectivity index (χ0n) is 11.0. The molecule has 0 spiro atoms. The normalized spacial score (nSPS) is 10.4. The predicted octanol–water partition coefficient (Wildman–Crippen LogP) is 3.54. The summed E-state index contributed by atoms with van der Waals surface area (Å²) in [7, 11) is 0. The van der Waals surface area contributed by atoms with Gasteiger partial charge in [-0.3, -0.25) is 4.79 Å². The molecule has 0 radical (unpaired) electrons. The molecular formula is C15H13F2NO2. The van der Waals surface area contributed by atoms with Gasteiger partial charge in [0.05, 0.1) is 5.56 Å². The second-order valence-electron chi connectivity index (χ2n) is 4.51. The van der Waals surface area contributed by atoms with Crippen LogP contribution in [-0.4, -0.2) is 11.0 Å². The fourth-order valence-corrected chi connectivity index (χ4v) is 1.80. The van der Waals surface area contributed by atoms with Crippen molar-refractivity contribution in [3.05, 3.63) is 58.7 Å². The first-order valence-corrected chi connectivity index (χ1v) is 5.95. The van der Waals surface area contributed by atoms with Crippen LogP contribution in [-0.2, 0) is 0 Å². The van der Waals surface area contributed by atoms with E-state index in [0.717, 1.165) is 6.07 Å². The second-order valence-corrected chi connectivity index (χ2v) is 4.51. The number of benzene rings is 2. The molecule has 0 saturated heterocycles. The lowest BCUT2D eigenvalue weighted by Crippen LogP contribution is -2.15. The van der Waals surface area contributed by atoms with Crippen LogP contribution >= 0.6 is 0 Å². The van der Waals surface area contributed by atoms with Crippen LogP contribution < -0.4 is 5.32 Å². The van der Waals surface area contributed by atoms with Crippen LogP contribution in [0.1, 0.15) is 21.5 Å². The Balaban J connectivity index is 2.33. The quantitative estimate of drug-likeness (QED) is 0.825. The lowest BCUT2D eigenvalue weighted by molar-refractivity contribution is 0.102. The molecule has 0 unspecified atom stereocenters. The summed E-state index contributed by atoms with van der Waals surface area (Å²) < 4.78 is 26.6. The van der Waals surface area contributed by atoms with Crippen molar-refractivity contribution in [3.8, 4) is 5.75 Å². The van der Waals surface area contributed by atoms with Crippen molar-refractivity contribution in [2.45, 2.75) is 13.8 Å². The Morgan fingerprint density at radius 2 is 1.85 bits per heavy atom. The van der Waals surface area contributed by atoms with Crippen LogP contribution in [0.15, 0.2) is 30.3 Å². The maximum atomic E-state index is 13.5. The van der Waals surface area contributed by atoms with Crippen molar-refractivity contribution in [1.82, 2.24) is 0 Å². The Hall–Kier alpha value is -2.43. The number of phenolic OH excluding ortho intramolecular Hbond substituents is 1. The number of amides is 1. The second kappa shape index (κ2) is 5.28. The highest BCUT2D eigenvalue weighted by molar-refractivity contribution is 6.04. The number of halogens is 2. The zero-order chi connectivity index (χ0) is 14.9. The number of hydrogen-bond donors (Lipinski definition) is 2. The zero-order valence-corrected chi connectivity index (χ0v) is 11.0. The molecule has 104 valence electrons. The lowest BCUT2D eigenvalue weighted by atomic mass is 10.1. The fourth-order valence-electron chi connectivity index (χ4n) is 1.80. The number of rotatable bonds is 2. The van der Waals surface area contributed by atoms with Crippen molar-refractivity contribution in [2.24, 2.45) is 0 Å². The van der Waals surface area contributed by atoms with Gasteiger partial charge in [0.1, 0.15) is 5.75 Å². The molecule has 0 aromatic heterocycles. The van der Waals surface area contributed by atoms with E-state index in [-0.39, 0.29) is 11.3 Å². The van der Waals surface area contributed by atoms with Gasteiger partial charge < -0.3 is 10.4 Å². The summed E-state index contributed by atoms with van der Waals surface area (Å²) in [4.78, 5) is 12.0. The van der Waals surface area contributed by atoms with Crippen molar-refractivity contribution in [3.63, 3.8) is 0 Å². The molecule has 2 aromatic rings. The molecule has 2 N–H and O–H groups in total. The minimum Gasteiger partial charge on any atom is -0.508 e. The molecule has 0 aliphatic rings. The summed E-state index contributed by atoms with van der Waals surface area (Å²) in [5.74, 6) is -2.89. The summed E-state index contributed by atoms with van der Waals surface area (Å²) in [5, 5.41) is 12.0. The molecule has 5 heteroatoms. The SMILES string of the molecule is Cc1cc(NC(=O)c2cccc(F)c2F)c(C)cc1O. The van der Waals surface area contributed by atoms with Gasteiger partial charge >= 0.3 is 0 Å². The number of aryl methyl sites for hydroxylation is 2. The van der Waals surface area contributed by atoms with E-state index in [9.17, 15) is 18.7 Å². The van der Waals surface area contributed by atoms with Gasteiger partial charge in [-0.15, -0.1) is 0 Å². The molecule has 1 amide bonds. The number of carbonyl (C=O) groups excluding carboxylic acids is 1. The van der Waals surface area contributed by atoms with Crippen LogP contribution in [0.2, 0.25) is 0 Å². The molecule has 0 aliphatic carbocycles. The van der Waals surface area contributed by atoms with E-state index >= 15 is 0 Å². The third-order valence-corrected chi connectivity index (χ3v) is 2.99. The standard InChI is InChI=1S/C15H13F2NO2/c1-8-7-13(19)9(2)6-12(8)18-15(20)10-4-3-5-11(16)14(10)17/h3-7,19H,1-2H3,(H,18,20). The van der Waals surface area contributed by atoms with Gasteiger partial charge in [-0.25, -0.2) is 8.78 Å². The van der Waals surface area contributed by atoms with Gasteiger partial charge in [-0.05, 0) is 49.2 Å². The molecule has 0 atom stereocenters. The monoisotopic (exact) mass is 277 g/mol. The first kappa shape index (κ1) is 14.0. The number of hydrogen-bond acceptors (Lipinski definition) is 2. The summed E-state index contributed by atoms with van der Waals surface area (Å²) in [6.45, 7) is 3.36. The number of phenols is 1. The fraction of sp³-hybridized carbons (Fsp3) is 0.133. The van der Waals surface area contributed by atoms with Gasteiger partial charge in [-0.1, -0.05) is 6.07 Å². The molecular weight excluding hydrogens is 264 g/mol. The molecule has 0 heterocycles. The summed E-state index contributed by atoms with van der Waals surface area (Å²) in [5.41, 5.74) is 1.27. The number of anilines is 1. The largest absolute Gasteiger partial charge is 0.508 e. The predicted molar refractivity (Wildman–Crippen MR) is 71.9 cm³/mol. The molecule has 2 aromatic carbocycles. The number of nitrogens with one attached hydrogen (secondary N) is 1. The molecule has 0 aliphatic heterocycles. The van der Waals surface area contributed by atoms with Gasteiger partial charge in [0.25, 0.3) is 5.91 Å². The lowest BCUT2D eigenvalue weighted by Gasteiger charge is -2.11. The highest BCUT2D eigenvalue weighted by atomic mass is 19.2. The first-order valence-electron chi connectivity index (χ1n) is 5.95. The van der Waals surface area contributed by atoms with Crippen LogP contribution in [0.3, 0.4) is 0 Å².